The van der Waals surface area contributed by atoms with Crippen LogP contribution < -0.4 is 25.8 Å². The summed E-state index contributed by atoms with van der Waals surface area (Å²) in [5.74, 6) is 1.78. The van der Waals surface area contributed by atoms with Crippen molar-refractivity contribution in [2.24, 2.45) is 10.7 Å². The highest BCUT2D eigenvalue weighted by molar-refractivity contribution is 5.98. The number of aryl methyl sites for hydroxylation is 2. The molecule has 5 rings (SSSR count). The van der Waals surface area contributed by atoms with Crippen LogP contribution in [-0.2, 0) is 17.6 Å². The third kappa shape index (κ3) is 6.06. The first-order chi connectivity index (χ1) is 17.8. The number of hydrogen-bond acceptors (Lipinski definition) is 6. The first-order valence-corrected chi connectivity index (χ1v) is 13.3. The van der Waals surface area contributed by atoms with Crippen molar-refractivity contribution in [3.05, 3.63) is 58.7 Å². The van der Waals surface area contributed by atoms with Gasteiger partial charge in [-0.3, -0.25) is 14.9 Å². The highest BCUT2D eigenvalue weighted by Gasteiger charge is 2.35. The van der Waals surface area contributed by atoms with Crippen LogP contribution in [0.3, 0.4) is 0 Å². The Morgan fingerprint density at radius 2 is 2.03 bits per heavy atom. The van der Waals surface area contributed by atoms with Crippen molar-refractivity contribution in [1.29, 1.82) is 0 Å². The summed E-state index contributed by atoms with van der Waals surface area (Å²) >= 11 is 0. The van der Waals surface area contributed by atoms with Crippen LogP contribution in [0.5, 0.6) is 11.5 Å². The number of amides is 2. The first kappa shape index (κ1) is 25.1. The Bertz CT molecular complexity index is 1220. The molecule has 0 radical (unpaired) electrons. The number of nitrogens with two attached hydrogens (primary N) is 1. The fourth-order valence-electron chi connectivity index (χ4n) is 5.49. The molecule has 2 atom stereocenters. The molecule has 0 spiro atoms. The number of carbonyl (C=O) groups excluding carboxylic acids is 2. The Balaban J connectivity index is 1.25. The van der Waals surface area contributed by atoms with Crippen LogP contribution in [-0.4, -0.2) is 36.0 Å². The molecule has 37 heavy (non-hydrogen) atoms. The molecule has 4 N–H and O–H groups in total. The predicted octanol–water partition coefficient (Wildman–Crippen LogP) is 3.96. The molecule has 3 heterocycles. The molecule has 8 heteroatoms. The number of nitrogens with zero attached hydrogens (tertiary/aromatic N) is 1. The molecule has 3 aliphatic rings. The van der Waals surface area contributed by atoms with Gasteiger partial charge in [0.2, 0.25) is 5.91 Å². The van der Waals surface area contributed by atoms with Gasteiger partial charge in [-0.25, -0.2) is 4.99 Å². The summed E-state index contributed by atoms with van der Waals surface area (Å²) in [4.78, 5) is 29.3. The number of nitrogens with one attached hydrogen (secondary N) is 2. The Morgan fingerprint density at radius 1 is 1.19 bits per heavy atom. The summed E-state index contributed by atoms with van der Waals surface area (Å²) in [5.41, 5.74) is 9.27. The Labute approximate surface area is 218 Å². The molecule has 0 aromatic heterocycles. The van der Waals surface area contributed by atoms with Gasteiger partial charge in [-0.1, -0.05) is 18.6 Å². The highest BCUT2D eigenvalue weighted by Crippen LogP contribution is 2.40. The molecule has 0 saturated carbocycles. The summed E-state index contributed by atoms with van der Waals surface area (Å²) in [5, 5.41) is 5.82. The van der Waals surface area contributed by atoms with Gasteiger partial charge in [0.25, 0.3) is 5.91 Å². The zero-order valence-electron chi connectivity index (χ0n) is 21.6. The predicted molar refractivity (Wildman–Crippen MR) is 142 cm³/mol. The topological polar surface area (TPSA) is 115 Å². The van der Waals surface area contributed by atoms with Crippen LogP contribution in [0.15, 0.2) is 41.4 Å². The van der Waals surface area contributed by atoms with Gasteiger partial charge in [0.1, 0.15) is 17.1 Å². The van der Waals surface area contributed by atoms with Crippen LogP contribution in [0.2, 0.25) is 0 Å². The molecule has 0 bridgehead atoms. The number of ether oxygens (including phenoxy) is 2. The fourth-order valence-corrected chi connectivity index (χ4v) is 5.49. The standard InChI is InChI=1S/C29H36N4O4/c1-29(2)17-23(32-27(35)20-10-12-24-19(15-20)7-5-13-36-24)22-14-18(9-11-25(22)37-29)6-3-4-8-21-16-26(34)33-28(30)31-21/h9-12,14-15,21,23H,3-8,13,16-17H2,1-2H3,(H,32,35)(H3,30,31,33,34). The monoisotopic (exact) mass is 504 g/mol. The fraction of sp³-hybridized carbons (Fsp3) is 0.483. The molecular weight excluding hydrogens is 468 g/mol. The van der Waals surface area contributed by atoms with Crippen molar-refractivity contribution in [3.63, 3.8) is 0 Å². The Kier molecular flexibility index (Phi) is 7.09. The number of fused-ring (bicyclic) bond motifs is 2. The van der Waals surface area contributed by atoms with Crippen molar-refractivity contribution in [2.75, 3.05) is 6.61 Å². The molecule has 2 aromatic carbocycles. The molecule has 0 saturated heterocycles. The van der Waals surface area contributed by atoms with E-state index < -0.39 is 0 Å². The minimum absolute atomic E-state index is 0.0392. The largest absolute Gasteiger partial charge is 0.493 e. The van der Waals surface area contributed by atoms with E-state index in [-0.39, 0.29) is 35.5 Å². The molecule has 0 fully saturated rings. The maximum absolute atomic E-state index is 13.3. The lowest BCUT2D eigenvalue weighted by atomic mass is 9.88. The number of guanidine groups is 1. The zero-order chi connectivity index (χ0) is 26.0. The van der Waals surface area contributed by atoms with Gasteiger partial charge in [-0.2, -0.15) is 0 Å². The van der Waals surface area contributed by atoms with Gasteiger partial charge in [-0.15, -0.1) is 0 Å². The number of rotatable bonds is 7. The van der Waals surface area contributed by atoms with E-state index in [4.69, 9.17) is 15.2 Å². The zero-order valence-corrected chi connectivity index (χ0v) is 21.6. The van der Waals surface area contributed by atoms with Gasteiger partial charge < -0.3 is 20.5 Å². The maximum Gasteiger partial charge on any atom is 0.251 e. The molecule has 196 valence electrons. The number of benzene rings is 2. The van der Waals surface area contributed by atoms with Gasteiger partial charge in [0, 0.05) is 24.0 Å². The van der Waals surface area contributed by atoms with E-state index in [1.165, 1.54) is 5.56 Å². The molecule has 2 aromatic rings. The summed E-state index contributed by atoms with van der Waals surface area (Å²) in [6.07, 6.45) is 6.66. The molecule has 0 aliphatic carbocycles. The van der Waals surface area contributed by atoms with Crippen molar-refractivity contribution in [3.8, 4) is 11.5 Å². The molecular formula is C29H36N4O4. The lowest BCUT2D eigenvalue weighted by molar-refractivity contribution is -0.120. The van der Waals surface area contributed by atoms with Crippen molar-refractivity contribution >= 4 is 17.8 Å². The number of carbonyl (C=O) groups is 2. The third-order valence-electron chi connectivity index (χ3n) is 7.27. The summed E-state index contributed by atoms with van der Waals surface area (Å²) in [7, 11) is 0. The van der Waals surface area contributed by atoms with Crippen molar-refractivity contribution in [1.82, 2.24) is 10.6 Å². The van der Waals surface area contributed by atoms with Gasteiger partial charge in [0.15, 0.2) is 5.96 Å². The second kappa shape index (κ2) is 10.4. The van der Waals surface area contributed by atoms with E-state index in [1.54, 1.807) is 0 Å². The number of hydrogen-bond donors (Lipinski definition) is 3. The van der Waals surface area contributed by atoms with E-state index >= 15 is 0 Å². The Morgan fingerprint density at radius 3 is 2.86 bits per heavy atom. The van der Waals surface area contributed by atoms with E-state index in [2.05, 4.69) is 41.6 Å². The second-order valence-electron chi connectivity index (χ2n) is 10.9. The van der Waals surface area contributed by atoms with E-state index in [1.807, 2.05) is 24.3 Å². The summed E-state index contributed by atoms with van der Waals surface area (Å²) in [6.45, 7) is 4.84. The SMILES string of the molecule is CC1(C)CC(NC(=O)c2ccc3c(c2)CCCO3)c2cc(CCCCC3CC(=O)NC(N)=N3)ccc2O1. The molecule has 2 unspecified atom stereocenters. The number of aliphatic imine (C=N–C) groups is 1. The van der Waals surface area contributed by atoms with Crippen molar-refractivity contribution in [2.45, 2.75) is 82.9 Å². The van der Waals surface area contributed by atoms with Crippen LogP contribution in [0, 0.1) is 0 Å². The lowest BCUT2D eigenvalue weighted by Gasteiger charge is -2.38. The van der Waals surface area contributed by atoms with Gasteiger partial charge in [0.05, 0.1) is 18.7 Å². The number of unbranched alkanes of at least 4 members (excludes halogenated alkanes) is 1. The van der Waals surface area contributed by atoms with E-state index in [9.17, 15) is 9.59 Å². The van der Waals surface area contributed by atoms with Crippen LogP contribution in [0.25, 0.3) is 0 Å². The lowest BCUT2D eigenvalue weighted by Crippen LogP contribution is -2.43. The average Bonchev–Trinajstić information content (AvgIpc) is 2.85. The minimum Gasteiger partial charge on any atom is -0.493 e. The summed E-state index contributed by atoms with van der Waals surface area (Å²) < 4.78 is 12.0. The Hall–Kier alpha value is -3.55. The van der Waals surface area contributed by atoms with Crippen LogP contribution in [0.1, 0.15) is 85.5 Å². The minimum atomic E-state index is -0.384. The summed E-state index contributed by atoms with van der Waals surface area (Å²) in [6, 6.07) is 11.8. The van der Waals surface area contributed by atoms with Crippen molar-refractivity contribution < 1.29 is 19.1 Å². The van der Waals surface area contributed by atoms with Crippen LogP contribution in [0.4, 0.5) is 0 Å². The first-order valence-electron chi connectivity index (χ1n) is 13.3. The normalized spacial score (nSPS) is 21.9. The quantitative estimate of drug-likeness (QED) is 0.494. The smallest absolute Gasteiger partial charge is 0.251 e. The molecule has 3 aliphatic heterocycles. The van der Waals surface area contributed by atoms with Gasteiger partial charge >= 0.3 is 0 Å². The average molecular weight is 505 g/mol. The second-order valence-corrected chi connectivity index (χ2v) is 10.9. The highest BCUT2D eigenvalue weighted by atomic mass is 16.5. The van der Waals surface area contributed by atoms with Crippen LogP contribution >= 0.6 is 0 Å². The van der Waals surface area contributed by atoms with E-state index in [0.29, 0.717) is 18.4 Å². The van der Waals surface area contributed by atoms with E-state index in [0.717, 1.165) is 67.8 Å². The molecule has 8 nitrogen and oxygen atoms in total. The maximum atomic E-state index is 13.3. The van der Waals surface area contributed by atoms with Gasteiger partial charge in [-0.05, 0) is 81.3 Å². The molecule has 2 amide bonds. The third-order valence-corrected chi connectivity index (χ3v) is 7.27.